The van der Waals surface area contributed by atoms with Crippen molar-refractivity contribution in [2.75, 3.05) is 13.7 Å². The molecule has 3 N–H and O–H groups in total. The number of hydrogen-bond acceptors (Lipinski definition) is 8. The maximum atomic E-state index is 14.2. The van der Waals surface area contributed by atoms with Gasteiger partial charge in [0.25, 0.3) is 15.9 Å². The van der Waals surface area contributed by atoms with Gasteiger partial charge in [-0.15, -0.1) is 0 Å². The Kier molecular flexibility index (Phi) is 9.58. The average molecular weight is 762 g/mol. The smallest absolute Gasteiger partial charge is 0.266 e. The molecule has 2 aliphatic heterocycles. The number of nitrogens with one attached hydrogen (secondary N) is 3. The summed E-state index contributed by atoms with van der Waals surface area (Å²) >= 11 is 0. The van der Waals surface area contributed by atoms with Crippen LogP contribution in [0.4, 0.5) is 0 Å². The van der Waals surface area contributed by atoms with Crippen molar-refractivity contribution in [3.63, 3.8) is 0 Å². The number of carbonyl (C=O) groups is 3. The average Bonchev–Trinajstić information content (AvgIpc) is 3.46. The minimum atomic E-state index is -4.33. The van der Waals surface area contributed by atoms with Crippen molar-refractivity contribution in [3.05, 3.63) is 96.7 Å². The number of aromatic nitrogens is 2. The van der Waals surface area contributed by atoms with Crippen molar-refractivity contribution in [2.45, 2.75) is 74.4 Å². The molecule has 284 valence electrons. The van der Waals surface area contributed by atoms with E-state index in [1.165, 1.54) is 17.9 Å². The highest BCUT2D eigenvalue weighted by atomic mass is 32.2. The van der Waals surface area contributed by atoms with Gasteiger partial charge in [-0.3, -0.25) is 14.4 Å². The lowest BCUT2D eigenvalue weighted by Gasteiger charge is -2.25. The number of H-pyrrole nitrogens is 1. The Labute approximate surface area is 319 Å². The molecule has 55 heavy (non-hydrogen) atoms. The highest BCUT2D eigenvalue weighted by Gasteiger charge is 2.61. The molecule has 2 aromatic heterocycles. The predicted molar refractivity (Wildman–Crippen MR) is 208 cm³/mol. The van der Waals surface area contributed by atoms with E-state index >= 15 is 0 Å². The van der Waals surface area contributed by atoms with Gasteiger partial charge in [0, 0.05) is 53.4 Å². The Morgan fingerprint density at radius 2 is 1.84 bits per heavy atom. The Morgan fingerprint density at radius 3 is 2.64 bits per heavy atom. The van der Waals surface area contributed by atoms with E-state index in [1.807, 2.05) is 78.9 Å². The van der Waals surface area contributed by atoms with Crippen LogP contribution < -0.4 is 19.5 Å². The van der Waals surface area contributed by atoms with Gasteiger partial charge >= 0.3 is 0 Å². The van der Waals surface area contributed by atoms with E-state index < -0.39 is 45.4 Å². The zero-order valence-electron chi connectivity index (χ0n) is 30.7. The SMILES string of the molecule is COc1ccc2c(O[C@@H]3C[C@@H](C(=O)N[C@]45C[C@H]4/C=C\CCCCCc4cc6cccc(c6[nH]4)S(=O)(=O)NC5=O)N(C(C)=O)C3)cc(-c3ccccc3)nc2c1. The number of rotatable bonds is 6. The molecule has 8 rings (SSSR count). The second kappa shape index (κ2) is 14.5. The van der Waals surface area contributed by atoms with Crippen LogP contribution in [-0.2, 0) is 30.8 Å². The lowest BCUT2D eigenvalue weighted by atomic mass is 10.1. The number of sulfonamides is 1. The van der Waals surface area contributed by atoms with Gasteiger partial charge in [-0.1, -0.05) is 61.0 Å². The molecule has 0 spiro atoms. The van der Waals surface area contributed by atoms with Crippen LogP contribution in [0.25, 0.3) is 33.1 Å². The normalized spacial score (nSPS) is 24.2. The Morgan fingerprint density at radius 1 is 1.00 bits per heavy atom. The van der Waals surface area contributed by atoms with Crippen LogP contribution in [0.3, 0.4) is 0 Å². The number of methoxy groups -OCH3 is 1. The Balaban J connectivity index is 1.06. The summed E-state index contributed by atoms with van der Waals surface area (Å²) < 4.78 is 42.0. The van der Waals surface area contributed by atoms with Gasteiger partial charge in [0.05, 0.1) is 30.4 Å². The number of para-hydroxylation sites is 1. The topological polar surface area (TPSA) is 160 Å². The fourth-order valence-electron chi connectivity index (χ4n) is 7.93. The molecule has 0 unspecified atom stereocenters. The number of nitrogens with zero attached hydrogens (tertiary/aromatic N) is 2. The van der Waals surface area contributed by atoms with E-state index in [0.29, 0.717) is 28.2 Å². The van der Waals surface area contributed by atoms with E-state index in [1.54, 1.807) is 13.2 Å². The van der Waals surface area contributed by atoms with Crippen molar-refractivity contribution in [1.82, 2.24) is 24.9 Å². The van der Waals surface area contributed by atoms with E-state index in [4.69, 9.17) is 14.5 Å². The van der Waals surface area contributed by atoms with Gasteiger partial charge in [-0.25, -0.2) is 18.1 Å². The summed E-state index contributed by atoms with van der Waals surface area (Å²) in [4.78, 5) is 50.9. The number of pyridine rings is 1. The minimum absolute atomic E-state index is 0.0399. The standard InChI is InChI=1S/C42H43N5O7S/c1-26(48)47-25-32(54-37-23-34(27-12-7-6-8-13-27)44-35-21-31(53-2)18-19-33(35)37)22-36(47)40(49)45-42-24-29(42)15-9-4-3-5-10-16-30-20-28-14-11-17-38(39(28)43-30)55(51,52)46-41(42)50/h6-9,11-15,17-21,23,29,32,36,43H,3-5,10,16,22,24-25H2,1-2H3,(H,45,49)(H,46,50)/b15-9-/t29-,32-,36+,42-/m1/s1. The molecule has 1 aliphatic carbocycles. The first-order valence-electron chi connectivity index (χ1n) is 18.7. The molecule has 1 saturated heterocycles. The maximum absolute atomic E-state index is 14.2. The maximum Gasteiger partial charge on any atom is 0.266 e. The molecule has 3 aromatic carbocycles. The first-order chi connectivity index (χ1) is 26.5. The number of hydrogen-bond donors (Lipinski definition) is 3. The molecule has 3 aliphatic rings. The van der Waals surface area contributed by atoms with Crippen molar-refractivity contribution >= 4 is 49.6 Å². The number of aromatic amines is 1. The summed E-state index contributed by atoms with van der Waals surface area (Å²) in [7, 11) is -2.74. The number of carbonyl (C=O) groups excluding carboxylic acids is 3. The number of likely N-dealkylation sites (tertiary alicyclic amines) is 1. The van der Waals surface area contributed by atoms with Crippen molar-refractivity contribution in [2.24, 2.45) is 5.92 Å². The predicted octanol–water partition coefficient (Wildman–Crippen LogP) is 5.81. The minimum Gasteiger partial charge on any atom is -0.497 e. The van der Waals surface area contributed by atoms with Crippen LogP contribution in [0.1, 0.15) is 51.1 Å². The van der Waals surface area contributed by atoms with E-state index in [0.717, 1.165) is 54.1 Å². The molecule has 13 heteroatoms. The van der Waals surface area contributed by atoms with E-state index in [9.17, 15) is 22.8 Å². The van der Waals surface area contributed by atoms with Crippen LogP contribution >= 0.6 is 0 Å². The Hall–Kier alpha value is -5.69. The number of allylic oxidation sites excluding steroid dienone is 1. The summed E-state index contributed by atoms with van der Waals surface area (Å²) in [6.45, 7) is 1.52. The lowest BCUT2D eigenvalue weighted by Crippen LogP contribution is -2.56. The highest BCUT2D eigenvalue weighted by Crippen LogP contribution is 2.46. The molecule has 2 fully saturated rings. The first-order valence-corrected chi connectivity index (χ1v) is 20.2. The molecule has 12 nitrogen and oxygen atoms in total. The van der Waals surface area contributed by atoms with Gasteiger partial charge in [0.2, 0.25) is 11.8 Å². The monoisotopic (exact) mass is 761 g/mol. The number of benzene rings is 3. The molecule has 4 atom stereocenters. The molecular formula is C42H43N5O7S. The molecule has 4 heterocycles. The molecular weight excluding hydrogens is 719 g/mol. The second-order valence-corrected chi connectivity index (χ2v) is 16.3. The summed E-state index contributed by atoms with van der Waals surface area (Å²) in [5.74, 6) is -0.946. The number of amides is 3. The van der Waals surface area contributed by atoms with Crippen LogP contribution in [0.5, 0.6) is 11.5 Å². The fraction of sp³-hybridized carbons (Fsp3) is 0.333. The zero-order valence-corrected chi connectivity index (χ0v) is 31.5. The summed E-state index contributed by atoms with van der Waals surface area (Å²) in [5, 5.41) is 4.40. The first kappa shape index (κ1) is 36.3. The van der Waals surface area contributed by atoms with Gasteiger partial charge < -0.3 is 24.7 Å². The third kappa shape index (κ3) is 7.16. The summed E-state index contributed by atoms with van der Waals surface area (Å²) in [6, 6.07) is 23.0. The third-order valence-electron chi connectivity index (χ3n) is 11.0. The van der Waals surface area contributed by atoms with Crippen LogP contribution in [-0.4, -0.2) is 72.3 Å². The number of fused-ring (bicyclic) bond motifs is 3. The molecule has 0 radical (unpaired) electrons. The molecule has 2 bridgehead atoms. The fourth-order valence-corrected chi connectivity index (χ4v) is 9.16. The van der Waals surface area contributed by atoms with Crippen LogP contribution in [0.15, 0.2) is 95.9 Å². The number of ether oxygens (including phenoxy) is 2. The molecule has 1 saturated carbocycles. The summed E-state index contributed by atoms with van der Waals surface area (Å²) in [6.07, 6.45) is 8.17. The zero-order chi connectivity index (χ0) is 38.3. The van der Waals surface area contributed by atoms with E-state index in [-0.39, 0.29) is 30.2 Å². The summed E-state index contributed by atoms with van der Waals surface area (Å²) in [5.41, 5.74) is 2.09. The van der Waals surface area contributed by atoms with Gasteiger partial charge in [-0.05, 0) is 56.4 Å². The van der Waals surface area contributed by atoms with Gasteiger partial charge in [0.15, 0.2) is 0 Å². The van der Waals surface area contributed by atoms with Crippen LogP contribution in [0, 0.1) is 5.92 Å². The van der Waals surface area contributed by atoms with Crippen LogP contribution in [0.2, 0.25) is 0 Å². The lowest BCUT2D eigenvalue weighted by molar-refractivity contribution is -0.138. The van der Waals surface area contributed by atoms with Gasteiger partial charge in [-0.2, -0.15) is 0 Å². The number of aryl methyl sites for hydroxylation is 1. The van der Waals surface area contributed by atoms with Crippen molar-refractivity contribution in [3.8, 4) is 22.8 Å². The second-order valence-electron chi connectivity index (χ2n) is 14.7. The largest absolute Gasteiger partial charge is 0.497 e. The van der Waals surface area contributed by atoms with Crippen molar-refractivity contribution in [1.29, 1.82) is 0 Å². The third-order valence-corrected chi connectivity index (χ3v) is 12.3. The van der Waals surface area contributed by atoms with E-state index in [2.05, 4.69) is 15.0 Å². The van der Waals surface area contributed by atoms with Gasteiger partial charge in [0.1, 0.15) is 34.1 Å². The Bertz CT molecular complexity index is 2450. The molecule has 5 aromatic rings. The van der Waals surface area contributed by atoms with Crippen molar-refractivity contribution < 1.29 is 32.3 Å². The highest BCUT2D eigenvalue weighted by molar-refractivity contribution is 7.90. The molecule has 3 amide bonds. The quantitative estimate of drug-likeness (QED) is 0.183.